The normalized spacial score (nSPS) is 43.8. The minimum atomic E-state index is -1.29. The minimum absolute atomic E-state index is 0.0295. The third-order valence-electron chi connectivity index (χ3n) is 6.20. The van der Waals surface area contributed by atoms with Gasteiger partial charge in [0.2, 0.25) is 0 Å². The van der Waals surface area contributed by atoms with E-state index in [9.17, 15) is 9.59 Å². The van der Waals surface area contributed by atoms with Gasteiger partial charge in [0.25, 0.3) is 0 Å². The first-order valence-corrected chi connectivity index (χ1v) is 8.28. The number of ketones is 2. The van der Waals surface area contributed by atoms with Gasteiger partial charge in [0.1, 0.15) is 0 Å². The van der Waals surface area contributed by atoms with Crippen LogP contribution in [0.5, 0.6) is 0 Å². The molecule has 2 aliphatic heterocycles. The SMILES string of the molecule is C[C@@]12CCCC[C@@]13O[C@@H](C2=O)C1(O3)C(=O)C=Cc2ccccc21. The summed E-state index contributed by atoms with van der Waals surface area (Å²) in [6, 6.07) is 7.62. The Morgan fingerprint density at radius 2 is 1.87 bits per heavy atom. The quantitative estimate of drug-likeness (QED) is 0.739. The molecule has 0 N–H and O–H groups in total. The molecule has 23 heavy (non-hydrogen) atoms. The summed E-state index contributed by atoms with van der Waals surface area (Å²) in [6.45, 7) is 1.94. The summed E-state index contributed by atoms with van der Waals surface area (Å²) in [5, 5.41) is 0. The van der Waals surface area contributed by atoms with E-state index < -0.39 is 22.9 Å². The van der Waals surface area contributed by atoms with Crippen LogP contribution in [-0.2, 0) is 24.7 Å². The van der Waals surface area contributed by atoms with Crippen molar-refractivity contribution in [2.24, 2.45) is 5.41 Å². The molecule has 4 heteroatoms. The lowest BCUT2D eigenvalue weighted by Crippen LogP contribution is -2.61. The lowest BCUT2D eigenvalue weighted by atomic mass is 9.63. The van der Waals surface area contributed by atoms with E-state index in [4.69, 9.17) is 9.47 Å². The van der Waals surface area contributed by atoms with Gasteiger partial charge in [-0.05, 0) is 31.4 Å². The maximum Gasteiger partial charge on any atom is 0.195 e. The Morgan fingerprint density at radius 1 is 1.09 bits per heavy atom. The number of benzene rings is 1. The fraction of sp³-hybridized carbons (Fsp3) is 0.474. The van der Waals surface area contributed by atoms with Crippen LogP contribution in [-0.4, -0.2) is 23.5 Å². The zero-order valence-electron chi connectivity index (χ0n) is 13.0. The first kappa shape index (κ1) is 13.6. The van der Waals surface area contributed by atoms with Crippen molar-refractivity contribution in [2.45, 2.75) is 50.1 Å². The summed E-state index contributed by atoms with van der Waals surface area (Å²) in [7, 11) is 0. The number of hydrogen-bond acceptors (Lipinski definition) is 4. The maximum absolute atomic E-state index is 13.2. The molecule has 2 aliphatic carbocycles. The van der Waals surface area contributed by atoms with E-state index in [2.05, 4.69) is 0 Å². The van der Waals surface area contributed by atoms with Crippen LogP contribution in [0.3, 0.4) is 0 Å². The molecule has 2 heterocycles. The number of rotatable bonds is 0. The van der Waals surface area contributed by atoms with Crippen LogP contribution in [0.25, 0.3) is 6.08 Å². The van der Waals surface area contributed by atoms with Gasteiger partial charge in [0, 0.05) is 12.0 Å². The van der Waals surface area contributed by atoms with Gasteiger partial charge in [0.15, 0.2) is 29.1 Å². The molecule has 4 nitrogen and oxygen atoms in total. The zero-order chi connectivity index (χ0) is 15.9. The second-order valence-corrected chi connectivity index (χ2v) is 7.28. The first-order valence-electron chi connectivity index (χ1n) is 8.28. The molecular weight excluding hydrogens is 292 g/mol. The van der Waals surface area contributed by atoms with Crippen LogP contribution >= 0.6 is 0 Å². The van der Waals surface area contributed by atoms with E-state index in [-0.39, 0.29) is 11.6 Å². The average Bonchev–Trinajstić information content (AvgIpc) is 3.01. The van der Waals surface area contributed by atoms with Crippen LogP contribution in [0.1, 0.15) is 43.7 Å². The summed E-state index contributed by atoms with van der Waals surface area (Å²) < 4.78 is 12.6. The second-order valence-electron chi connectivity index (χ2n) is 7.28. The van der Waals surface area contributed by atoms with Crippen molar-refractivity contribution in [3.63, 3.8) is 0 Å². The molecule has 3 fully saturated rings. The molecule has 5 rings (SSSR count). The van der Waals surface area contributed by atoms with Crippen molar-refractivity contribution in [1.29, 1.82) is 0 Å². The summed E-state index contributed by atoms with van der Waals surface area (Å²) in [6.07, 6.45) is 5.88. The standard InChI is InChI=1S/C19H18O4/c1-17-10-4-5-11-18(17)22-16(15(17)21)19(23-18)13-7-3-2-6-12(13)8-9-14(19)20/h2-3,6-9,16H,4-5,10-11H2,1H3/t16-,17-,18-,19?/m0/s1. The van der Waals surface area contributed by atoms with Crippen molar-refractivity contribution in [1.82, 2.24) is 0 Å². The fourth-order valence-electron chi connectivity index (χ4n) is 4.88. The van der Waals surface area contributed by atoms with Gasteiger partial charge in [0.05, 0.1) is 5.41 Å². The monoisotopic (exact) mass is 310 g/mol. The Morgan fingerprint density at radius 3 is 2.74 bits per heavy atom. The van der Waals surface area contributed by atoms with E-state index >= 15 is 0 Å². The smallest absolute Gasteiger partial charge is 0.195 e. The van der Waals surface area contributed by atoms with Gasteiger partial charge in [-0.3, -0.25) is 9.59 Å². The Balaban J connectivity index is 1.74. The van der Waals surface area contributed by atoms with E-state index in [1.165, 1.54) is 6.08 Å². The zero-order valence-corrected chi connectivity index (χ0v) is 13.0. The molecule has 0 amide bonds. The van der Waals surface area contributed by atoms with Gasteiger partial charge in [-0.25, -0.2) is 0 Å². The van der Waals surface area contributed by atoms with Crippen LogP contribution in [0, 0.1) is 5.41 Å². The fourth-order valence-corrected chi connectivity index (χ4v) is 4.88. The molecule has 0 radical (unpaired) electrons. The predicted molar refractivity (Wildman–Crippen MR) is 82.4 cm³/mol. The number of carbonyl (C=O) groups is 2. The Hall–Kier alpha value is -1.78. The summed E-state index contributed by atoms with van der Waals surface area (Å²) >= 11 is 0. The molecule has 0 aromatic heterocycles. The lowest BCUT2D eigenvalue weighted by Gasteiger charge is -2.48. The predicted octanol–water partition coefficient (Wildman–Crippen LogP) is 2.75. The largest absolute Gasteiger partial charge is 0.334 e. The Bertz CT molecular complexity index is 781. The maximum atomic E-state index is 13.2. The molecule has 1 saturated carbocycles. The molecule has 2 spiro atoms. The summed E-state index contributed by atoms with van der Waals surface area (Å²) in [4.78, 5) is 26.0. The summed E-state index contributed by atoms with van der Waals surface area (Å²) in [5.74, 6) is -1.10. The molecule has 118 valence electrons. The summed E-state index contributed by atoms with van der Waals surface area (Å²) in [5.41, 5.74) is -0.239. The number of ether oxygens (including phenoxy) is 2. The molecule has 1 aromatic carbocycles. The van der Waals surface area contributed by atoms with Crippen molar-refractivity contribution in [3.8, 4) is 0 Å². The highest BCUT2D eigenvalue weighted by Gasteiger charge is 2.78. The molecule has 1 aromatic rings. The second kappa shape index (κ2) is 4.00. The van der Waals surface area contributed by atoms with Crippen LogP contribution in [0.15, 0.2) is 30.3 Å². The van der Waals surface area contributed by atoms with Crippen molar-refractivity contribution in [3.05, 3.63) is 41.5 Å². The average molecular weight is 310 g/mol. The highest BCUT2D eigenvalue weighted by atomic mass is 16.8. The van der Waals surface area contributed by atoms with Crippen molar-refractivity contribution >= 4 is 17.6 Å². The molecule has 4 atom stereocenters. The number of hydrogen-bond donors (Lipinski definition) is 0. The number of fused-ring (bicyclic) bond motifs is 4. The van der Waals surface area contributed by atoms with E-state index in [1.54, 1.807) is 6.08 Å². The van der Waals surface area contributed by atoms with E-state index in [0.717, 1.165) is 30.4 Å². The molecule has 2 bridgehead atoms. The molecule has 4 aliphatic rings. The van der Waals surface area contributed by atoms with Gasteiger partial charge in [-0.15, -0.1) is 0 Å². The van der Waals surface area contributed by atoms with Crippen LogP contribution < -0.4 is 0 Å². The first-order chi connectivity index (χ1) is 11.0. The molecule has 2 saturated heterocycles. The number of carbonyl (C=O) groups excluding carboxylic acids is 2. The topological polar surface area (TPSA) is 52.6 Å². The highest BCUT2D eigenvalue weighted by molar-refractivity contribution is 6.10. The lowest BCUT2D eigenvalue weighted by molar-refractivity contribution is -0.250. The number of Topliss-reactive ketones (excluding diaryl/α,β-unsaturated/α-hetero) is 1. The molecular formula is C19H18O4. The van der Waals surface area contributed by atoms with Gasteiger partial charge >= 0.3 is 0 Å². The van der Waals surface area contributed by atoms with Gasteiger partial charge < -0.3 is 9.47 Å². The minimum Gasteiger partial charge on any atom is -0.334 e. The highest BCUT2D eigenvalue weighted by Crippen LogP contribution is 2.65. The Labute approximate surface area is 134 Å². The van der Waals surface area contributed by atoms with E-state index in [0.29, 0.717) is 6.42 Å². The van der Waals surface area contributed by atoms with Gasteiger partial charge in [-0.2, -0.15) is 0 Å². The third kappa shape index (κ3) is 1.32. The van der Waals surface area contributed by atoms with Crippen molar-refractivity contribution < 1.29 is 19.1 Å². The van der Waals surface area contributed by atoms with Crippen molar-refractivity contribution in [2.75, 3.05) is 0 Å². The van der Waals surface area contributed by atoms with E-state index in [1.807, 2.05) is 31.2 Å². The van der Waals surface area contributed by atoms with Crippen LogP contribution in [0.2, 0.25) is 0 Å². The van der Waals surface area contributed by atoms with Crippen LogP contribution in [0.4, 0.5) is 0 Å². The van der Waals surface area contributed by atoms with Gasteiger partial charge in [-0.1, -0.05) is 36.8 Å². The Kier molecular flexibility index (Phi) is 2.37. The molecule has 1 unspecified atom stereocenters. The third-order valence-corrected chi connectivity index (χ3v) is 6.20.